The first kappa shape index (κ1) is 9.72. The molecule has 0 aromatic rings. The predicted molar refractivity (Wildman–Crippen MR) is 58.6 cm³/mol. The number of fused-ring (bicyclic) bond motifs is 1. The Morgan fingerprint density at radius 3 is 1.88 bits per heavy atom. The molecular formula is C12H16ClNO2. The summed E-state index contributed by atoms with van der Waals surface area (Å²) in [5.41, 5.74) is 6.29. The highest BCUT2D eigenvalue weighted by Gasteiger charge is 2.91. The first-order valence-electron chi connectivity index (χ1n) is 6.11. The summed E-state index contributed by atoms with van der Waals surface area (Å²) in [5, 5.41) is 0. The third-order valence-electron chi connectivity index (χ3n) is 6.35. The largest absolute Gasteiger partial charge is 0.469 e. The maximum absolute atomic E-state index is 11.8. The molecule has 6 unspecified atom stereocenters. The molecule has 6 rings (SSSR count). The molecule has 2 bridgehead atoms. The van der Waals surface area contributed by atoms with Gasteiger partial charge in [-0.1, -0.05) is 0 Å². The van der Waals surface area contributed by atoms with Crippen molar-refractivity contribution in [2.75, 3.05) is 7.11 Å². The predicted octanol–water partition coefficient (Wildman–Crippen LogP) is 0.522. The van der Waals surface area contributed by atoms with E-state index in [1.54, 1.807) is 0 Å². The van der Waals surface area contributed by atoms with Gasteiger partial charge in [-0.2, -0.15) is 0 Å². The van der Waals surface area contributed by atoms with E-state index in [2.05, 4.69) is 0 Å². The Morgan fingerprint density at radius 1 is 0.938 bits per heavy atom. The highest BCUT2D eigenvalue weighted by Crippen LogP contribution is 2.92. The molecule has 0 spiro atoms. The summed E-state index contributed by atoms with van der Waals surface area (Å²) >= 11 is 0. The molecule has 6 fully saturated rings. The van der Waals surface area contributed by atoms with Crippen molar-refractivity contribution in [3.63, 3.8) is 0 Å². The van der Waals surface area contributed by atoms with Gasteiger partial charge in [-0.05, 0) is 47.3 Å². The first-order valence-corrected chi connectivity index (χ1v) is 6.11. The first-order chi connectivity index (χ1) is 7.27. The molecule has 0 aliphatic heterocycles. The number of esters is 1. The second kappa shape index (κ2) is 2.44. The molecule has 0 aromatic carbocycles. The summed E-state index contributed by atoms with van der Waals surface area (Å²) in [4.78, 5) is 11.8. The van der Waals surface area contributed by atoms with Crippen molar-refractivity contribution in [2.24, 2.45) is 59.0 Å². The van der Waals surface area contributed by atoms with Gasteiger partial charge >= 0.3 is 5.97 Å². The van der Waals surface area contributed by atoms with Gasteiger partial charge in [0, 0.05) is 6.04 Å². The second-order valence-electron chi connectivity index (χ2n) is 6.25. The lowest BCUT2D eigenvalue weighted by Gasteiger charge is -2.44. The number of rotatable bonds is 1. The molecule has 6 aliphatic carbocycles. The summed E-state index contributed by atoms with van der Waals surface area (Å²) in [7, 11) is 1.50. The lowest BCUT2D eigenvalue weighted by Crippen LogP contribution is -2.55. The SMILES string of the molecule is COC(=O)[C@H]1C2C3C4C5C(C52)C(C43)[C@H]1N.Cl. The normalized spacial score (nSPS) is 69.6. The van der Waals surface area contributed by atoms with E-state index in [9.17, 15) is 4.79 Å². The fourth-order valence-corrected chi connectivity index (χ4v) is 6.30. The van der Waals surface area contributed by atoms with Crippen LogP contribution in [0.3, 0.4) is 0 Å². The Hall–Kier alpha value is -0.280. The Bertz CT molecular complexity index is 378. The molecule has 4 heteroatoms. The standard InChI is InChI=1S/C12H15NO2.ClH/c1-15-12(14)10-8-4-2-3-5(8)7(3)9(6(2)4)11(10)13;/h2-11H,13H2,1H3;1H/t2?,3?,4?,5?,6?,7?,8?,9?,10-,11+;/m0./s1. The van der Waals surface area contributed by atoms with E-state index in [1.807, 2.05) is 0 Å². The van der Waals surface area contributed by atoms with Crippen molar-refractivity contribution in [1.29, 1.82) is 0 Å². The van der Waals surface area contributed by atoms with Crippen LogP contribution >= 0.6 is 12.4 Å². The van der Waals surface area contributed by atoms with E-state index in [1.165, 1.54) is 7.11 Å². The van der Waals surface area contributed by atoms with E-state index in [-0.39, 0.29) is 30.3 Å². The van der Waals surface area contributed by atoms with Gasteiger partial charge in [0.2, 0.25) is 0 Å². The Labute approximate surface area is 100 Å². The maximum Gasteiger partial charge on any atom is 0.310 e. The summed E-state index contributed by atoms with van der Waals surface area (Å²) in [5.74, 6) is 6.86. The van der Waals surface area contributed by atoms with E-state index >= 15 is 0 Å². The van der Waals surface area contributed by atoms with E-state index in [0.717, 1.165) is 35.5 Å². The summed E-state index contributed by atoms with van der Waals surface area (Å²) in [6.45, 7) is 0. The Balaban J connectivity index is 0.000000722. The van der Waals surface area contributed by atoms with Crippen LogP contribution in [-0.4, -0.2) is 19.1 Å². The highest BCUT2D eigenvalue weighted by atomic mass is 35.5. The minimum absolute atomic E-state index is 0. The molecule has 0 radical (unpaired) electrons. The lowest BCUT2D eigenvalue weighted by molar-refractivity contribution is -0.153. The van der Waals surface area contributed by atoms with Crippen molar-refractivity contribution >= 4 is 18.4 Å². The molecule has 0 aromatic heterocycles. The highest BCUT2D eigenvalue weighted by molar-refractivity contribution is 5.85. The van der Waals surface area contributed by atoms with Crippen molar-refractivity contribution in [3.05, 3.63) is 0 Å². The number of ether oxygens (including phenoxy) is 1. The zero-order valence-corrected chi connectivity index (χ0v) is 9.89. The summed E-state index contributed by atoms with van der Waals surface area (Å²) in [6.07, 6.45) is 0. The van der Waals surface area contributed by atoms with Gasteiger partial charge in [0.25, 0.3) is 0 Å². The number of carbonyl (C=O) groups is 1. The number of hydrogen-bond acceptors (Lipinski definition) is 3. The minimum Gasteiger partial charge on any atom is -0.469 e. The number of methoxy groups -OCH3 is 1. The smallest absolute Gasteiger partial charge is 0.310 e. The van der Waals surface area contributed by atoms with Crippen molar-refractivity contribution < 1.29 is 9.53 Å². The van der Waals surface area contributed by atoms with Gasteiger partial charge in [0.1, 0.15) is 0 Å². The van der Waals surface area contributed by atoms with Crippen LogP contribution in [0.1, 0.15) is 0 Å². The molecule has 6 aliphatic rings. The molecule has 88 valence electrons. The maximum atomic E-state index is 11.8. The molecule has 8 atom stereocenters. The number of nitrogens with two attached hydrogens (primary N) is 1. The average molecular weight is 242 g/mol. The molecular weight excluding hydrogens is 226 g/mol. The summed E-state index contributed by atoms with van der Waals surface area (Å²) in [6, 6.07) is 0.113. The van der Waals surface area contributed by atoms with Gasteiger partial charge in [-0.25, -0.2) is 0 Å². The van der Waals surface area contributed by atoms with Crippen LogP contribution in [-0.2, 0) is 9.53 Å². The molecule has 0 saturated heterocycles. The van der Waals surface area contributed by atoms with E-state index in [0.29, 0.717) is 11.8 Å². The molecule has 3 nitrogen and oxygen atoms in total. The second-order valence-corrected chi connectivity index (χ2v) is 6.25. The van der Waals surface area contributed by atoms with Crippen LogP contribution in [0.25, 0.3) is 0 Å². The monoisotopic (exact) mass is 241 g/mol. The summed E-state index contributed by atoms with van der Waals surface area (Å²) < 4.78 is 4.94. The van der Waals surface area contributed by atoms with Gasteiger partial charge in [0.15, 0.2) is 0 Å². The fraction of sp³-hybridized carbons (Fsp3) is 0.917. The van der Waals surface area contributed by atoms with Gasteiger partial charge < -0.3 is 10.5 Å². The van der Waals surface area contributed by atoms with Crippen LogP contribution in [0, 0.1) is 53.3 Å². The van der Waals surface area contributed by atoms with Crippen LogP contribution in [0.5, 0.6) is 0 Å². The number of carbonyl (C=O) groups excluding carboxylic acids is 1. The molecule has 16 heavy (non-hydrogen) atoms. The van der Waals surface area contributed by atoms with E-state index < -0.39 is 0 Å². The molecule has 2 N–H and O–H groups in total. The topological polar surface area (TPSA) is 52.3 Å². The third kappa shape index (κ3) is 0.666. The van der Waals surface area contributed by atoms with Gasteiger partial charge in [-0.15, -0.1) is 12.4 Å². The van der Waals surface area contributed by atoms with Crippen LogP contribution in [0.15, 0.2) is 0 Å². The van der Waals surface area contributed by atoms with Crippen molar-refractivity contribution in [1.82, 2.24) is 0 Å². The Morgan fingerprint density at radius 2 is 1.38 bits per heavy atom. The zero-order chi connectivity index (χ0) is 10.1. The fourth-order valence-electron chi connectivity index (χ4n) is 6.30. The molecule has 0 amide bonds. The lowest BCUT2D eigenvalue weighted by atomic mass is 9.62. The third-order valence-corrected chi connectivity index (χ3v) is 6.35. The average Bonchev–Trinajstić information content (AvgIpc) is 3.07. The van der Waals surface area contributed by atoms with Crippen LogP contribution in [0.2, 0.25) is 0 Å². The molecule has 0 heterocycles. The van der Waals surface area contributed by atoms with Crippen molar-refractivity contribution in [3.8, 4) is 0 Å². The quantitative estimate of drug-likeness (QED) is 0.681. The van der Waals surface area contributed by atoms with Crippen molar-refractivity contribution in [2.45, 2.75) is 6.04 Å². The van der Waals surface area contributed by atoms with Gasteiger partial charge in [-0.3, -0.25) is 4.79 Å². The zero-order valence-electron chi connectivity index (χ0n) is 9.08. The van der Waals surface area contributed by atoms with Crippen LogP contribution < -0.4 is 5.73 Å². The minimum atomic E-state index is -0.0346. The van der Waals surface area contributed by atoms with Gasteiger partial charge in [0.05, 0.1) is 13.0 Å². The molecule has 6 saturated carbocycles. The Kier molecular flexibility index (Phi) is 1.48. The van der Waals surface area contributed by atoms with E-state index in [4.69, 9.17) is 10.5 Å². The number of hydrogen-bond donors (Lipinski definition) is 1. The van der Waals surface area contributed by atoms with Crippen LogP contribution in [0.4, 0.5) is 0 Å². The number of halogens is 1.